The Kier molecular flexibility index (Phi) is 1.73. The number of rotatable bonds is 1. The van der Waals surface area contributed by atoms with Gasteiger partial charge in [-0.3, -0.25) is 4.79 Å². The van der Waals surface area contributed by atoms with Crippen molar-refractivity contribution in [3.63, 3.8) is 0 Å². The van der Waals surface area contributed by atoms with Gasteiger partial charge in [0.25, 0.3) is 0 Å². The van der Waals surface area contributed by atoms with E-state index < -0.39 is 0 Å². The van der Waals surface area contributed by atoms with Crippen molar-refractivity contribution in [2.45, 2.75) is 6.92 Å². The normalized spacial score (nSPS) is 10.2. The van der Waals surface area contributed by atoms with E-state index in [1.54, 1.807) is 18.2 Å². The van der Waals surface area contributed by atoms with E-state index in [1.165, 1.54) is 13.3 Å². The van der Waals surface area contributed by atoms with Gasteiger partial charge in [0.05, 0.1) is 0 Å². The van der Waals surface area contributed by atoms with Crippen molar-refractivity contribution in [2.75, 3.05) is 0 Å². The van der Waals surface area contributed by atoms with E-state index in [9.17, 15) is 4.79 Å². The van der Waals surface area contributed by atoms with Crippen molar-refractivity contribution >= 4 is 17.1 Å². The SMILES string of the molecule is CC(=O)Oc1ccc2ocnc2c1. The smallest absolute Gasteiger partial charge is 0.308 e. The maximum Gasteiger partial charge on any atom is 0.308 e. The summed E-state index contributed by atoms with van der Waals surface area (Å²) in [5.41, 5.74) is 1.36. The van der Waals surface area contributed by atoms with Crippen LogP contribution in [0.1, 0.15) is 6.92 Å². The predicted octanol–water partition coefficient (Wildman–Crippen LogP) is 1.75. The van der Waals surface area contributed by atoms with E-state index in [2.05, 4.69) is 4.98 Å². The summed E-state index contributed by atoms with van der Waals surface area (Å²) in [7, 11) is 0. The number of aromatic nitrogens is 1. The number of hydrogen-bond donors (Lipinski definition) is 0. The van der Waals surface area contributed by atoms with Gasteiger partial charge in [-0.15, -0.1) is 0 Å². The fourth-order valence-corrected chi connectivity index (χ4v) is 1.07. The third-order valence-electron chi connectivity index (χ3n) is 1.56. The molecule has 0 aliphatic carbocycles. The molecule has 0 atom stereocenters. The number of nitrogens with zero attached hydrogens (tertiary/aromatic N) is 1. The maximum absolute atomic E-state index is 10.6. The molecule has 0 bridgehead atoms. The number of benzene rings is 1. The summed E-state index contributed by atoms with van der Waals surface area (Å²) >= 11 is 0. The van der Waals surface area contributed by atoms with Gasteiger partial charge in [-0.1, -0.05) is 0 Å². The Hall–Kier alpha value is -1.84. The van der Waals surface area contributed by atoms with Crippen LogP contribution in [-0.4, -0.2) is 11.0 Å². The summed E-state index contributed by atoms with van der Waals surface area (Å²) in [5.74, 6) is 0.136. The molecule has 0 aliphatic rings. The number of fused-ring (bicyclic) bond motifs is 1. The van der Waals surface area contributed by atoms with Crippen LogP contribution in [0, 0.1) is 0 Å². The topological polar surface area (TPSA) is 52.3 Å². The van der Waals surface area contributed by atoms with Gasteiger partial charge in [0.15, 0.2) is 12.0 Å². The van der Waals surface area contributed by atoms with Crippen molar-refractivity contribution in [1.29, 1.82) is 0 Å². The molecule has 0 radical (unpaired) electrons. The van der Waals surface area contributed by atoms with Gasteiger partial charge in [0.2, 0.25) is 0 Å². The summed E-state index contributed by atoms with van der Waals surface area (Å²) in [5, 5.41) is 0. The van der Waals surface area contributed by atoms with E-state index >= 15 is 0 Å². The first-order valence-electron chi connectivity index (χ1n) is 3.77. The number of carbonyl (C=O) groups is 1. The molecular formula is C9H7NO3. The van der Waals surface area contributed by atoms with Crippen molar-refractivity contribution < 1.29 is 13.9 Å². The molecule has 2 aromatic rings. The lowest BCUT2D eigenvalue weighted by Crippen LogP contribution is -2.00. The van der Waals surface area contributed by atoms with E-state index in [1.807, 2.05) is 0 Å². The number of ether oxygens (including phenoxy) is 1. The lowest BCUT2D eigenvalue weighted by molar-refractivity contribution is -0.131. The fourth-order valence-electron chi connectivity index (χ4n) is 1.07. The van der Waals surface area contributed by atoms with Crippen LogP contribution in [0.3, 0.4) is 0 Å². The van der Waals surface area contributed by atoms with Crippen LogP contribution in [0.5, 0.6) is 5.75 Å². The second kappa shape index (κ2) is 2.90. The molecule has 0 saturated carbocycles. The largest absolute Gasteiger partial charge is 0.443 e. The molecule has 1 aromatic heterocycles. The summed E-state index contributed by atoms with van der Waals surface area (Å²) in [6, 6.07) is 5.02. The molecule has 0 unspecified atom stereocenters. The van der Waals surface area contributed by atoms with Crippen LogP contribution >= 0.6 is 0 Å². The first-order valence-corrected chi connectivity index (χ1v) is 3.77. The van der Waals surface area contributed by atoms with Crippen LogP contribution in [0.2, 0.25) is 0 Å². The van der Waals surface area contributed by atoms with Crippen LogP contribution in [-0.2, 0) is 4.79 Å². The Morgan fingerprint density at radius 1 is 1.54 bits per heavy atom. The Morgan fingerprint density at radius 2 is 2.38 bits per heavy atom. The molecule has 4 nitrogen and oxygen atoms in total. The monoisotopic (exact) mass is 177 g/mol. The number of esters is 1. The summed E-state index contributed by atoms with van der Waals surface area (Å²) in [6.45, 7) is 1.35. The van der Waals surface area contributed by atoms with Crippen molar-refractivity contribution in [3.8, 4) is 5.75 Å². The van der Waals surface area contributed by atoms with Crippen LogP contribution < -0.4 is 4.74 Å². The zero-order valence-corrected chi connectivity index (χ0v) is 6.98. The average Bonchev–Trinajstić information content (AvgIpc) is 2.49. The van der Waals surface area contributed by atoms with Gasteiger partial charge in [0.1, 0.15) is 11.3 Å². The van der Waals surface area contributed by atoms with E-state index in [-0.39, 0.29) is 5.97 Å². The first kappa shape index (κ1) is 7.79. The minimum Gasteiger partial charge on any atom is -0.443 e. The molecule has 0 spiro atoms. The van der Waals surface area contributed by atoms with Crippen molar-refractivity contribution in [2.24, 2.45) is 0 Å². The molecule has 13 heavy (non-hydrogen) atoms. The molecule has 66 valence electrons. The lowest BCUT2D eigenvalue weighted by Gasteiger charge is -1.98. The molecule has 4 heteroatoms. The fraction of sp³-hybridized carbons (Fsp3) is 0.111. The third-order valence-corrected chi connectivity index (χ3v) is 1.56. The highest BCUT2D eigenvalue weighted by Crippen LogP contribution is 2.19. The highest BCUT2D eigenvalue weighted by Gasteiger charge is 2.02. The van der Waals surface area contributed by atoms with Gasteiger partial charge in [-0.2, -0.15) is 0 Å². The number of hydrogen-bond acceptors (Lipinski definition) is 4. The molecular weight excluding hydrogens is 170 g/mol. The van der Waals surface area contributed by atoms with Gasteiger partial charge in [-0.05, 0) is 12.1 Å². The average molecular weight is 177 g/mol. The van der Waals surface area contributed by atoms with E-state index in [0.717, 1.165) is 0 Å². The molecule has 0 saturated heterocycles. The minimum atomic E-state index is -0.345. The summed E-state index contributed by atoms with van der Waals surface area (Å²) in [6.07, 6.45) is 1.35. The minimum absolute atomic E-state index is 0.345. The molecule has 0 amide bonds. The number of oxazole rings is 1. The second-order valence-electron chi connectivity index (χ2n) is 2.58. The zero-order valence-electron chi connectivity index (χ0n) is 6.98. The predicted molar refractivity (Wildman–Crippen MR) is 45.3 cm³/mol. The standard InChI is InChI=1S/C9H7NO3/c1-6(11)13-7-2-3-9-8(4-7)10-5-12-9/h2-5H,1H3. The van der Waals surface area contributed by atoms with Crippen molar-refractivity contribution in [3.05, 3.63) is 24.6 Å². The van der Waals surface area contributed by atoms with Gasteiger partial charge < -0.3 is 9.15 Å². The van der Waals surface area contributed by atoms with E-state index in [0.29, 0.717) is 16.8 Å². The molecule has 1 aromatic carbocycles. The Bertz CT molecular complexity index is 447. The maximum atomic E-state index is 10.6. The zero-order chi connectivity index (χ0) is 9.26. The van der Waals surface area contributed by atoms with Gasteiger partial charge in [0, 0.05) is 13.0 Å². The second-order valence-corrected chi connectivity index (χ2v) is 2.58. The molecule has 0 aliphatic heterocycles. The van der Waals surface area contributed by atoms with Crippen LogP contribution in [0.25, 0.3) is 11.1 Å². The van der Waals surface area contributed by atoms with Gasteiger partial charge >= 0.3 is 5.97 Å². The summed E-state index contributed by atoms with van der Waals surface area (Å²) < 4.78 is 9.90. The Labute approximate surface area is 74.1 Å². The Balaban J connectivity index is 2.42. The summed E-state index contributed by atoms with van der Waals surface area (Å²) in [4.78, 5) is 14.6. The van der Waals surface area contributed by atoms with Crippen LogP contribution in [0.15, 0.2) is 29.0 Å². The number of carbonyl (C=O) groups excluding carboxylic acids is 1. The Morgan fingerprint density at radius 3 is 3.15 bits per heavy atom. The first-order chi connectivity index (χ1) is 6.25. The third kappa shape index (κ3) is 1.51. The highest BCUT2D eigenvalue weighted by atomic mass is 16.5. The quantitative estimate of drug-likeness (QED) is 0.492. The molecule has 1 heterocycles. The van der Waals surface area contributed by atoms with Gasteiger partial charge in [-0.25, -0.2) is 4.98 Å². The van der Waals surface area contributed by atoms with Crippen molar-refractivity contribution in [1.82, 2.24) is 4.98 Å². The van der Waals surface area contributed by atoms with Crippen LogP contribution in [0.4, 0.5) is 0 Å². The molecule has 0 N–H and O–H groups in total. The highest BCUT2D eigenvalue weighted by molar-refractivity contribution is 5.76. The van der Waals surface area contributed by atoms with E-state index in [4.69, 9.17) is 9.15 Å². The molecule has 0 fully saturated rings. The lowest BCUT2D eigenvalue weighted by atomic mass is 10.3. The molecule has 2 rings (SSSR count).